The zero-order chi connectivity index (χ0) is 13.0. The van der Waals surface area contributed by atoms with Crippen molar-refractivity contribution >= 4 is 23.1 Å². The number of hydrogen-bond acceptors (Lipinski definition) is 5. The van der Waals surface area contributed by atoms with E-state index >= 15 is 0 Å². The molecule has 2 aromatic rings. The Morgan fingerprint density at radius 2 is 2.28 bits per heavy atom. The summed E-state index contributed by atoms with van der Waals surface area (Å²) in [5.41, 5.74) is 6.71. The van der Waals surface area contributed by atoms with Gasteiger partial charge in [0.15, 0.2) is 0 Å². The molecule has 0 aliphatic rings. The number of nitrogens with zero attached hydrogens (tertiary/aromatic N) is 2. The van der Waals surface area contributed by atoms with Crippen LogP contribution in [-0.4, -0.2) is 22.4 Å². The van der Waals surface area contributed by atoms with Crippen LogP contribution in [0.15, 0.2) is 23.6 Å². The second kappa shape index (κ2) is 5.70. The molecule has 6 heteroatoms. The van der Waals surface area contributed by atoms with Gasteiger partial charge in [-0.3, -0.25) is 4.79 Å². The minimum absolute atomic E-state index is 0.243. The Balaban J connectivity index is 2.07. The van der Waals surface area contributed by atoms with Gasteiger partial charge in [0.25, 0.3) is 5.91 Å². The van der Waals surface area contributed by atoms with Gasteiger partial charge in [-0.05, 0) is 25.6 Å². The highest BCUT2D eigenvalue weighted by molar-refractivity contribution is 7.09. The summed E-state index contributed by atoms with van der Waals surface area (Å²) in [6.45, 7) is 2.41. The molecular weight excluding hydrogens is 248 g/mol. The average molecular weight is 262 g/mol. The van der Waals surface area contributed by atoms with Crippen LogP contribution < -0.4 is 11.1 Å². The molecule has 0 fully saturated rings. The van der Waals surface area contributed by atoms with E-state index < -0.39 is 0 Å². The Morgan fingerprint density at radius 1 is 1.44 bits per heavy atom. The number of nitrogens with two attached hydrogens (primary N) is 1. The molecular formula is C12H14N4OS. The third-order valence-corrected chi connectivity index (χ3v) is 3.18. The Hall–Kier alpha value is -1.79. The fourth-order valence-corrected chi connectivity index (χ4v) is 2.24. The van der Waals surface area contributed by atoms with Crippen molar-refractivity contribution in [2.24, 2.45) is 5.73 Å². The molecule has 0 atom stereocenters. The van der Waals surface area contributed by atoms with Crippen LogP contribution in [0.4, 0.5) is 5.82 Å². The third kappa shape index (κ3) is 3.12. The highest BCUT2D eigenvalue weighted by atomic mass is 32.1. The van der Waals surface area contributed by atoms with Gasteiger partial charge in [-0.25, -0.2) is 9.97 Å². The fourth-order valence-electron chi connectivity index (χ4n) is 1.45. The van der Waals surface area contributed by atoms with E-state index in [1.54, 1.807) is 11.4 Å². The maximum absolute atomic E-state index is 11.9. The lowest BCUT2D eigenvalue weighted by molar-refractivity contribution is 0.102. The number of aryl methyl sites for hydroxylation is 1. The summed E-state index contributed by atoms with van der Waals surface area (Å²) in [5.74, 6) is 0.293. The number of aromatic nitrogens is 2. The number of thiazole rings is 1. The molecule has 0 radical (unpaired) electrons. The molecule has 3 N–H and O–H groups in total. The number of carbonyl (C=O) groups is 1. The van der Waals surface area contributed by atoms with Crippen molar-refractivity contribution in [1.82, 2.24) is 9.97 Å². The predicted molar refractivity (Wildman–Crippen MR) is 71.8 cm³/mol. The molecule has 0 bridgehead atoms. The van der Waals surface area contributed by atoms with Gasteiger partial charge in [-0.1, -0.05) is 6.07 Å². The quantitative estimate of drug-likeness (QED) is 0.877. The second-order valence-corrected chi connectivity index (χ2v) is 4.73. The smallest absolute Gasteiger partial charge is 0.276 e. The van der Waals surface area contributed by atoms with Crippen molar-refractivity contribution in [2.45, 2.75) is 13.3 Å². The summed E-state index contributed by atoms with van der Waals surface area (Å²) < 4.78 is 0. The second-order valence-electron chi connectivity index (χ2n) is 3.78. The summed E-state index contributed by atoms with van der Waals surface area (Å²) >= 11 is 1.44. The van der Waals surface area contributed by atoms with Crippen molar-refractivity contribution in [3.05, 3.63) is 40.0 Å². The number of pyridine rings is 1. The summed E-state index contributed by atoms with van der Waals surface area (Å²) in [7, 11) is 0. The standard InChI is InChI=1S/C12H14N4OS/c1-8-3-2-4-10(14-8)16-12(17)9-7-18-11(15-9)5-6-13/h2-4,7H,5-6,13H2,1H3,(H,14,16,17). The number of hydrogen-bond donors (Lipinski definition) is 2. The van der Waals surface area contributed by atoms with Gasteiger partial charge in [0.05, 0.1) is 5.01 Å². The van der Waals surface area contributed by atoms with Crippen molar-refractivity contribution < 1.29 is 4.79 Å². The van der Waals surface area contributed by atoms with Crippen LogP contribution in [-0.2, 0) is 6.42 Å². The summed E-state index contributed by atoms with van der Waals surface area (Å²) in [4.78, 5) is 20.3. The van der Waals surface area contributed by atoms with Crippen LogP contribution >= 0.6 is 11.3 Å². The fraction of sp³-hybridized carbons (Fsp3) is 0.250. The zero-order valence-electron chi connectivity index (χ0n) is 10.0. The topological polar surface area (TPSA) is 80.9 Å². The van der Waals surface area contributed by atoms with Crippen molar-refractivity contribution in [2.75, 3.05) is 11.9 Å². The van der Waals surface area contributed by atoms with Crippen molar-refractivity contribution in [3.63, 3.8) is 0 Å². The molecule has 5 nitrogen and oxygen atoms in total. The number of nitrogens with one attached hydrogen (secondary N) is 1. The normalized spacial score (nSPS) is 10.3. The van der Waals surface area contributed by atoms with Gasteiger partial charge >= 0.3 is 0 Å². The maximum Gasteiger partial charge on any atom is 0.276 e. The van der Waals surface area contributed by atoms with Gasteiger partial charge in [0.2, 0.25) is 0 Å². The minimum Gasteiger partial charge on any atom is -0.330 e. The molecule has 0 aliphatic carbocycles. The number of amides is 1. The molecule has 0 saturated carbocycles. The van der Waals surface area contributed by atoms with E-state index in [0.717, 1.165) is 10.7 Å². The lowest BCUT2D eigenvalue weighted by Crippen LogP contribution is -2.14. The predicted octanol–water partition coefficient (Wildman–Crippen LogP) is 1.60. The van der Waals surface area contributed by atoms with E-state index in [9.17, 15) is 4.79 Å². The molecule has 0 spiro atoms. The van der Waals surface area contributed by atoms with E-state index in [0.29, 0.717) is 24.5 Å². The number of anilines is 1. The average Bonchev–Trinajstić information content (AvgIpc) is 2.78. The van der Waals surface area contributed by atoms with Gasteiger partial charge in [-0.2, -0.15) is 0 Å². The summed E-state index contributed by atoms with van der Waals surface area (Å²) in [6.07, 6.45) is 0.695. The van der Waals surface area contributed by atoms with E-state index in [1.165, 1.54) is 11.3 Å². The number of carbonyl (C=O) groups excluding carboxylic acids is 1. The van der Waals surface area contributed by atoms with E-state index in [2.05, 4.69) is 15.3 Å². The molecule has 1 amide bonds. The van der Waals surface area contributed by atoms with Gasteiger partial charge in [-0.15, -0.1) is 11.3 Å². The van der Waals surface area contributed by atoms with Crippen LogP contribution in [0.1, 0.15) is 21.2 Å². The lowest BCUT2D eigenvalue weighted by atomic mass is 10.3. The van der Waals surface area contributed by atoms with Crippen LogP contribution in [0.3, 0.4) is 0 Å². The largest absolute Gasteiger partial charge is 0.330 e. The van der Waals surface area contributed by atoms with Crippen LogP contribution in [0.5, 0.6) is 0 Å². The van der Waals surface area contributed by atoms with Crippen molar-refractivity contribution in [1.29, 1.82) is 0 Å². The Bertz CT molecular complexity index is 553. The van der Waals surface area contributed by atoms with Crippen LogP contribution in [0.25, 0.3) is 0 Å². The molecule has 0 saturated heterocycles. The molecule has 94 valence electrons. The lowest BCUT2D eigenvalue weighted by Gasteiger charge is -2.02. The van der Waals surface area contributed by atoms with Gasteiger partial charge in [0.1, 0.15) is 11.5 Å². The molecule has 0 aromatic carbocycles. The monoisotopic (exact) mass is 262 g/mol. The third-order valence-electron chi connectivity index (χ3n) is 2.27. The number of rotatable bonds is 4. The molecule has 2 heterocycles. The Kier molecular flexibility index (Phi) is 4.01. The first-order valence-electron chi connectivity index (χ1n) is 5.58. The highest BCUT2D eigenvalue weighted by Gasteiger charge is 2.11. The van der Waals surface area contributed by atoms with Crippen LogP contribution in [0, 0.1) is 6.92 Å². The van der Waals surface area contributed by atoms with Crippen LogP contribution in [0.2, 0.25) is 0 Å². The molecule has 0 unspecified atom stereocenters. The molecule has 18 heavy (non-hydrogen) atoms. The maximum atomic E-state index is 11.9. The Labute approximate surface area is 109 Å². The van der Waals surface area contributed by atoms with E-state index in [4.69, 9.17) is 5.73 Å². The van der Waals surface area contributed by atoms with E-state index in [1.807, 2.05) is 19.1 Å². The van der Waals surface area contributed by atoms with Gasteiger partial charge < -0.3 is 11.1 Å². The molecule has 2 rings (SSSR count). The Morgan fingerprint density at radius 3 is 3.00 bits per heavy atom. The first-order valence-corrected chi connectivity index (χ1v) is 6.46. The summed E-state index contributed by atoms with van der Waals surface area (Å²) in [5, 5.41) is 5.32. The SMILES string of the molecule is Cc1cccc(NC(=O)c2csc(CCN)n2)n1. The molecule has 2 aromatic heterocycles. The molecule has 0 aliphatic heterocycles. The van der Waals surface area contributed by atoms with Crippen molar-refractivity contribution in [3.8, 4) is 0 Å². The van der Waals surface area contributed by atoms with Gasteiger partial charge in [0, 0.05) is 17.5 Å². The first-order chi connectivity index (χ1) is 8.69. The highest BCUT2D eigenvalue weighted by Crippen LogP contribution is 2.12. The first kappa shape index (κ1) is 12.7. The van der Waals surface area contributed by atoms with E-state index in [-0.39, 0.29) is 5.91 Å². The zero-order valence-corrected chi connectivity index (χ0v) is 10.8. The summed E-state index contributed by atoms with van der Waals surface area (Å²) in [6, 6.07) is 5.47. The minimum atomic E-state index is -0.243.